The lowest BCUT2D eigenvalue weighted by atomic mass is 10.00. The number of phenolic OH excluding ortho intramolecular Hbond substituents is 2. The minimum absolute atomic E-state index is 0.0709. The summed E-state index contributed by atoms with van der Waals surface area (Å²) in [6, 6.07) is 17.8. The molecule has 0 radical (unpaired) electrons. The lowest BCUT2D eigenvalue weighted by molar-refractivity contribution is -0.121. The molecule has 6 rings (SSSR count). The lowest BCUT2D eigenvalue weighted by Crippen LogP contribution is -2.27. The summed E-state index contributed by atoms with van der Waals surface area (Å²) >= 11 is 7.57. The van der Waals surface area contributed by atoms with E-state index in [-0.39, 0.29) is 23.8 Å². The molecule has 11 heteroatoms. The number of carbonyl (C=O) groups excluding carboxylic acids is 1. The van der Waals surface area contributed by atoms with E-state index in [9.17, 15) is 15.0 Å². The number of aryl methyl sites for hydroxylation is 1. The van der Waals surface area contributed by atoms with Gasteiger partial charge >= 0.3 is 0 Å². The number of methoxy groups -OCH3 is 1. The van der Waals surface area contributed by atoms with Gasteiger partial charge in [-0.15, -0.1) is 21.5 Å². The summed E-state index contributed by atoms with van der Waals surface area (Å²) in [6.07, 6.45) is 0.650. The molecule has 3 aromatic carbocycles. The first-order valence-corrected chi connectivity index (χ1v) is 14.2. The largest absolute Gasteiger partial charge is 0.504 e. The standard InChI is InChI=1S/C30H26ClN5O4S/c1-16-34-35-30-23(15-26(38)32-12-11-21-13-18-5-10-25(37)28(39)29(18)41-21)33-27(17-3-6-19(31)7-4-17)22-14-20(40-2)8-9-24(22)36(16)30/h3-10,13-14,23,37,39H,11-12,15H2,1-2H3,(H,32,38). The quantitative estimate of drug-likeness (QED) is 0.216. The van der Waals surface area contributed by atoms with E-state index in [1.54, 1.807) is 13.2 Å². The molecule has 1 atom stereocenters. The number of phenols is 2. The molecule has 2 aromatic heterocycles. The van der Waals surface area contributed by atoms with Gasteiger partial charge in [0.2, 0.25) is 5.91 Å². The number of aromatic hydroxyl groups is 2. The van der Waals surface area contributed by atoms with Crippen LogP contribution in [0.15, 0.2) is 65.7 Å². The van der Waals surface area contributed by atoms with Crippen LogP contribution in [0.3, 0.4) is 0 Å². The molecule has 0 spiro atoms. The zero-order valence-corrected chi connectivity index (χ0v) is 23.8. The van der Waals surface area contributed by atoms with Crippen molar-refractivity contribution < 1.29 is 19.7 Å². The Balaban J connectivity index is 1.28. The number of ether oxygens (including phenoxy) is 1. The molecule has 9 nitrogen and oxygen atoms in total. The fourth-order valence-electron chi connectivity index (χ4n) is 5.00. The van der Waals surface area contributed by atoms with E-state index in [1.165, 1.54) is 17.4 Å². The average Bonchev–Trinajstić information content (AvgIpc) is 3.53. The molecule has 0 saturated heterocycles. The minimum atomic E-state index is -0.593. The molecule has 0 fully saturated rings. The molecule has 0 aliphatic carbocycles. The van der Waals surface area contributed by atoms with Crippen LogP contribution in [0, 0.1) is 6.92 Å². The van der Waals surface area contributed by atoms with Crippen LogP contribution in [0.5, 0.6) is 17.2 Å². The molecule has 208 valence electrons. The van der Waals surface area contributed by atoms with Crippen LogP contribution in [0.2, 0.25) is 5.02 Å². The zero-order chi connectivity index (χ0) is 28.7. The zero-order valence-electron chi connectivity index (χ0n) is 22.3. The van der Waals surface area contributed by atoms with Crippen molar-refractivity contribution in [2.24, 2.45) is 4.99 Å². The van der Waals surface area contributed by atoms with Crippen molar-refractivity contribution in [1.82, 2.24) is 20.1 Å². The highest BCUT2D eigenvalue weighted by Crippen LogP contribution is 2.39. The molecule has 1 aliphatic rings. The van der Waals surface area contributed by atoms with Crippen molar-refractivity contribution in [3.05, 3.63) is 93.3 Å². The molecule has 1 amide bonds. The number of carbonyl (C=O) groups is 1. The van der Waals surface area contributed by atoms with Gasteiger partial charge < -0.3 is 20.3 Å². The first-order valence-electron chi connectivity index (χ1n) is 13.0. The van der Waals surface area contributed by atoms with E-state index >= 15 is 0 Å². The second kappa shape index (κ2) is 10.9. The molecule has 41 heavy (non-hydrogen) atoms. The predicted molar refractivity (Wildman–Crippen MR) is 159 cm³/mol. The van der Waals surface area contributed by atoms with Crippen molar-refractivity contribution >= 4 is 44.6 Å². The summed E-state index contributed by atoms with van der Waals surface area (Å²) in [4.78, 5) is 19.3. The topological polar surface area (TPSA) is 122 Å². The minimum Gasteiger partial charge on any atom is -0.504 e. The third kappa shape index (κ3) is 5.12. The third-order valence-corrected chi connectivity index (χ3v) is 8.48. The Morgan fingerprint density at radius 2 is 1.90 bits per heavy atom. The van der Waals surface area contributed by atoms with Crippen LogP contribution in [-0.4, -0.2) is 50.3 Å². The Morgan fingerprint density at radius 1 is 1.10 bits per heavy atom. The number of nitrogens with zero attached hydrogens (tertiary/aromatic N) is 4. The number of halogens is 1. The van der Waals surface area contributed by atoms with Gasteiger partial charge in [-0.1, -0.05) is 23.7 Å². The molecule has 1 unspecified atom stereocenters. The number of fused-ring (bicyclic) bond motifs is 4. The van der Waals surface area contributed by atoms with Crippen LogP contribution >= 0.6 is 22.9 Å². The van der Waals surface area contributed by atoms with E-state index in [0.717, 1.165) is 27.1 Å². The number of amides is 1. The molecule has 0 bridgehead atoms. The van der Waals surface area contributed by atoms with Gasteiger partial charge in [0.05, 0.1) is 29.6 Å². The molecular formula is C30H26ClN5O4S. The number of thiophene rings is 1. The maximum atomic E-state index is 13.2. The van der Waals surface area contributed by atoms with Crippen LogP contribution in [-0.2, 0) is 11.2 Å². The van der Waals surface area contributed by atoms with E-state index in [2.05, 4.69) is 15.5 Å². The smallest absolute Gasteiger partial charge is 0.222 e. The highest BCUT2D eigenvalue weighted by atomic mass is 35.5. The Kier molecular flexibility index (Phi) is 7.10. The summed E-state index contributed by atoms with van der Waals surface area (Å²) in [6.45, 7) is 2.28. The maximum absolute atomic E-state index is 13.2. The maximum Gasteiger partial charge on any atom is 0.222 e. The first-order chi connectivity index (χ1) is 19.8. The number of aromatic nitrogens is 3. The van der Waals surface area contributed by atoms with E-state index < -0.39 is 6.04 Å². The number of aliphatic imine (C=N–C) groups is 1. The summed E-state index contributed by atoms with van der Waals surface area (Å²) < 4.78 is 8.09. The Hall–Kier alpha value is -4.41. The van der Waals surface area contributed by atoms with Gasteiger partial charge in [-0.05, 0) is 67.3 Å². The van der Waals surface area contributed by atoms with Crippen molar-refractivity contribution in [2.75, 3.05) is 13.7 Å². The summed E-state index contributed by atoms with van der Waals surface area (Å²) in [7, 11) is 1.62. The van der Waals surface area contributed by atoms with Crippen LogP contribution in [0.4, 0.5) is 0 Å². The van der Waals surface area contributed by atoms with Crippen LogP contribution in [0.1, 0.15) is 40.1 Å². The molecule has 3 heterocycles. The SMILES string of the molecule is COc1ccc2c(c1)C(c1ccc(Cl)cc1)=NC(CC(=O)NCCc1cc3ccc(O)c(O)c3s1)c1nnc(C)n1-2. The van der Waals surface area contributed by atoms with Gasteiger partial charge in [0.15, 0.2) is 17.3 Å². The summed E-state index contributed by atoms with van der Waals surface area (Å²) in [5.74, 6) is 1.50. The number of rotatable bonds is 7. The van der Waals surface area contributed by atoms with Crippen molar-refractivity contribution in [3.8, 4) is 22.9 Å². The van der Waals surface area contributed by atoms with E-state index in [0.29, 0.717) is 45.8 Å². The Labute approximate surface area is 244 Å². The average molecular weight is 588 g/mol. The first kappa shape index (κ1) is 26.8. The number of hydrogen-bond donors (Lipinski definition) is 3. The second-order valence-electron chi connectivity index (χ2n) is 9.69. The number of hydrogen-bond acceptors (Lipinski definition) is 8. The lowest BCUT2D eigenvalue weighted by Gasteiger charge is -2.14. The second-order valence-corrected chi connectivity index (χ2v) is 11.3. The van der Waals surface area contributed by atoms with Gasteiger partial charge in [-0.2, -0.15) is 0 Å². The van der Waals surface area contributed by atoms with E-state index in [1.807, 2.05) is 60.0 Å². The molecular weight excluding hydrogens is 562 g/mol. The van der Waals surface area contributed by atoms with Crippen molar-refractivity contribution in [3.63, 3.8) is 0 Å². The fraction of sp³-hybridized carbons (Fsp3) is 0.200. The number of benzene rings is 3. The van der Waals surface area contributed by atoms with Gasteiger partial charge in [-0.3, -0.25) is 14.4 Å². The highest BCUT2D eigenvalue weighted by Gasteiger charge is 2.30. The predicted octanol–water partition coefficient (Wildman–Crippen LogP) is 5.50. The highest BCUT2D eigenvalue weighted by molar-refractivity contribution is 7.19. The third-order valence-electron chi connectivity index (χ3n) is 7.01. The normalized spacial score (nSPS) is 14.2. The Bertz CT molecular complexity index is 1810. The van der Waals surface area contributed by atoms with Crippen LogP contribution < -0.4 is 10.1 Å². The van der Waals surface area contributed by atoms with Gasteiger partial charge in [0.1, 0.15) is 17.6 Å². The molecule has 1 aliphatic heterocycles. The monoisotopic (exact) mass is 587 g/mol. The molecule has 3 N–H and O–H groups in total. The van der Waals surface area contributed by atoms with Gasteiger partial charge in [0.25, 0.3) is 0 Å². The van der Waals surface area contributed by atoms with Crippen LogP contribution in [0.25, 0.3) is 15.8 Å². The van der Waals surface area contributed by atoms with Crippen molar-refractivity contribution in [2.45, 2.75) is 25.8 Å². The van der Waals surface area contributed by atoms with Gasteiger partial charge in [-0.25, -0.2) is 0 Å². The van der Waals surface area contributed by atoms with Gasteiger partial charge in [0, 0.05) is 27.6 Å². The fourth-order valence-corrected chi connectivity index (χ4v) is 6.23. The number of nitrogens with one attached hydrogen (secondary N) is 1. The molecule has 5 aromatic rings. The summed E-state index contributed by atoms with van der Waals surface area (Å²) in [5, 5.41) is 33.1. The summed E-state index contributed by atoms with van der Waals surface area (Å²) in [5.41, 5.74) is 3.23. The van der Waals surface area contributed by atoms with Crippen molar-refractivity contribution in [1.29, 1.82) is 0 Å². The Morgan fingerprint density at radius 3 is 2.68 bits per heavy atom. The molecule has 0 saturated carbocycles. The van der Waals surface area contributed by atoms with E-state index in [4.69, 9.17) is 21.3 Å².